The first-order chi connectivity index (χ1) is 11.9. The fraction of sp³-hybridized carbons (Fsp3) is 0.333. The third kappa shape index (κ3) is 6.42. The van der Waals surface area contributed by atoms with Crippen LogP contribution in [0.3, 0.4) is 0 Å². The fourth-order valence-electron chi connectivity index (χ4n) is 2.19. The van der Waals surface area contributed by atoms with Crippen molar-refractivity contribution in [2.45, 2.75) is 48.0 Å². The second-order valence-corrected chi connectivity index (χ2v) is 4.99. The van der Waals surface area contributed by atoms with Crippen LogP contribution < -0.4 is 0 Å². The van der Waals surface area contributed by atoms with Gasteiger partial charge in [0.1, 0.15) is 11.5 Å². The summed E-state index contributed by atoms with van der Waals surface area (Å²) in [7, 11) is 0. The largest absolute Gasteiger partial charge is 0.507 e. The molecule has 0 saturated carbocycles. The van der Waals surface area contributed by atoms with E-state index in [1.165, 1.54) is 26.0 Å². The van der Waals surface area contributed by atoms with Gasteiger partial charge in [0, 0.05) is 0 Å². The minimum absolute atomic E-state index is 0.0404. The number of aromatic hydroxyl groups is 2. The van der Waals surface area contributed by atoms with Crippen LogP contribution in [-0.2, 0) is 6.42 Å². The smallest absolute Gasteiger partial charge is 0.163 e. The molecule has 0 fully saturated rings. The van der Waals surface area contributed by atoms with E-state index >= 15 is 0 Å². The Morgan fingerprint density at radius 1 is 0.720 bits per heavy atom. The van der Waals surface area contributed by atoms with E-state index in [0.717, 1.165) is 11.1 Å². The molecule has 0 aliphatic carbocycles. The van der Waals surface area contributed by atoms with E-state index in [1.54, 1.807) is 24.3 Å². The summed E-state index contributed by atoms with van der Waals surface area (Å²) >= 11 is 0. The first kappa shape index (κ1) is 22.4. The molecule has 0 aromatic heterocycles. The Labute approximate surface area is 150 Å². The van der Waals surface area contributed by atoms with Gasteiger partial charge in [-0.1, -0.05) is 39.8 Å². The van der Waals surface area contributed by atoms with Crippen molar-refractivity contribution in [2.24, 2.45) is 0 Å². The van der Waals surface area contributed by atoms with Crippen LogP contribution in [0.15, 0.2) is 36.4 Å². The molecule has 4 nitrogen and oxygen atoms in total. The number of benzene rings is 2. The molecule has 0 heterocycles. The Bertz CT molecular complexity index is 656. The normalized spacial score (nSPS) is 9.20. The highest BCUT2D eigenvalue weighted by molar-refractivity contribution is 5.97. The zero-order valence-corrected chi connectivity index (χ0v) is 15.9. The minimum Gasteiger partial charge on any atom is -0.507 e. The molecule has 4 heteroatoms. The van der Waals surface area contributed by atoms with Crippen LogP contribution in [0.5, 0.6) is 11.5 Å². The summed E-state index contributed by atoms with van der Waals surface area (Å²) in [4.78, 5) is 22.8. The number of phenols is 2. The molecule has 0 atom stereocenters. The molecule has 0 radical (unpaired) electrons. The Morgan fingerprint density at radius 3 is 1.32 bits per heavy atom. The van der Waals surface area contributed by atoms with Crippen LogP contribution in [-0.4, -0.2) is 21.8 Å². The standard InChI is InChI=1S/C17H16O4.2C2H6/c1-10(18)14-8-12(3-5-16(14)20)7-13-4-6-17(21)15(9-13)11(2)19;2*1-2/h3-6,8-9,20-21H,7H2,1-2H3;2*1-2H3. The van der Waals surface area contributed by atoms with Crippen LogP contribution in [0.25, 0.3) is 0 Å². The number of carbonyl (C=O) groups is 2. The van der Waals surface area contributed by atoms with Gasteiger partial charge in [-0.15, -0.1) is 0 Å². The zero-order valence-electron chi connectivity index (χ0n) is 15.9. The lowest BCUT2D eigenvalue weighted by atomic mass is 9.98. The summed E-state index contributed by atoms with van der Waals surface area (Å²) in [6, 6.07) is 9.69. The lowest BCUT2D eigenvalue weighted by molar-refractivity contribution is 0.100. The molecule has 0 aliphatic rings. The molecule has 0 saturated heterocycles. The van der Waals surface area contributed by atoms with Crippen LogP contribution in [0, 0.1) is 0 Å². The summed E-state index contributed by atoms with van der Waals surface area (Å²) in [6.45, 7) is 10.8. The maximum absolute atomic E-state index is 11.4. The third-order valence-corrected chi connectivity index (χ3v) is 3.29. The third-order valence-electron chi connectivity index (χ3n) is 3.29. The molecule has 0 amide bonds. The summed E-state index contributed by atoms with van der Waals surface area (Å²) in [6.07, 6.45) is 0.501. The SMILES string of the molecule is CC.CC.CC(=O)c1cc(Cc2ccc(O)c(C(C)=O)c2)ccc1O. The van der Waals surface area contributed by atoms with Crippen LogP contribution in [0.2, 0.25) is 0 Å². The maximum atomic E-state index is 11.4. The zero-order chi connectivity index (χ0) is 19.6. The molecule has 2 N–H and O–H groups in total. The lowest BCUT2D eigenvalue weighted by Gasteiger charge is -2.08. The first-order valence-corrected chi connectivity index (χ1v) is 8.54. The molecule has 2 rings (SSSR count). The predicted molar refractivity (Wildman–Crippen MR) is 102 cm³/mol. The number of phenolic OH excluding ortho intramolecular Hbond substituents is 2. The first-order valence-electron chi connectivity index (χ1n) is 8.54. The highest BCUT2D eigenvalue weighted by Crippen LogP contribution is 2.23. The number of Topliss-reactive ketones (excluding diaryl/α,β-unsaturated/α-hetero) is 2. The minimum atomic E-state index is -0.204. The van der Waals surface area contributed by atoms with E-state index in [4.69, 9.17) is 0 Å². The van der Waals surface area contributed by atoms with E-state index in [9.17, 15) is 19.8 Å². The van der Waals surface area contributed by atoms with Crippen molar-refractivity contribution in [2.75, 3.05) is 0 Å². The van der Waals surface area contributed by atoms with E-state index in [2.05, 4.69) is 0 Å². The fourth-order valence-corrected chi connectivity index (χ4v) is 2.19. The van der Waals surface area contributed by atoms with E-state index in [0.29, 0.717) is 6.42 Å². The molecule has 25 heavy (non-hydrogen) atoms. The van der Waals surface area contributed by atoms with Gasteiger partial charge < -0.3 is 10.2 Å². The number of hydrogen-bond acceptors (Lipinski definition) is 4. The van der Waals surface area contributed by atoms with Crippen molar-refractivity contribution >= 4 is 11.6 Å². The van der Waals surface area contributed by atoms with Gasteiger partial charge in [-0.05, 0) is 55.7 Å². The average Bonchev–Trinajstić information content (AvgIpc) is 2.61. The Balaban J connectivity index is 0.00000134. The van der Waals surface area contributed by atoms with Crippen LogP contribution in [0.1, 0.15) is 73.4 Å². The second kappa shape index (κ2) is 11.0. The van der Waals surface area contributed by atoms with Crippen LogP contribution >= 0.6 is 0 Å². The monoisotopic (exact) mass is 344 g/mol. The molecular weight excluding hydrogens is 316 g/mol. The lowest BCUT2D eigenvalue weighted by Crippen LogP contribution is -1.98. The van der Waals surface area contributed by atoms with Gasteiger partial charge in [0.25, 0.3) is 0 Å². The number of rotatable bonds is 4. The van der Waals surface area contributed by atoms with Crippen LogP contribution in [0.4, 0.5) is 0 Å². The average molecular weight is 344 g/mol. The quantitative estimate of drug-likeness (QED) is 0.753. The molecule has 2 aromatic carbocycles. The molecule has 0 aliphatic heterocycles. The number of carbonyl (C=O) groups excluding carboxylic acids is 2. The maximum Gasteiger partial charge on any atom is 0.163 e. The van der Waals surface area contributed by atoms with Gasteiger partial charge in [0.15, 0.2) is 11.6 Å². The van der Waals surface area contributed by atoms with Gasteiger partial charge in [-0.25, -0.2) is 0 Å². The molecule has 0 unspecified atom stereocenters. The van der Waals surface area contributed by atoms with Crippen molar-refractivity contribution in [1.29, 1.82) is 0 Å². The van der Waals surface area contributed by atoms with Gasteiger partial charge in [0.2, 0.25) is 0 Å². The number of ketones is 2. The molecule has 2 aromatic rings. The topological polar surface area (TPSA) is 74.6 Å². The van der Waals surface area contributed by atoms with Gasteiger partial charge in [0.05, 0.1) is 11.1 Å². The second-order valence-electron chi connectivity index (χ2n) is 4.99. The number of hydrogen-bond donors (Lipinski definition) is 2. The summed E-state index contributed by atoms with van der Waals surface area (Å²) in [5, 5.41) is 19.3. The van der Waals surface area contributed by atoms with Gasteiger partial charge >= 0.3 is 0 Å². The summed E-state index contributed by atoms with van der Waals surface area (Å²) in [5.74, 6) is -0.489. The van der Waals surface area contributed by atoms with E-state index in [1.807, 2.05) is 27.7 Å². The van der Waals surface area contributed by atoms with Crippen molar-refractivity contribution in [3.05, 3.63) is 58.7 Å². The highest BCUT2D eigenvalue weighted by Gasteiger charge is 2.10. The Morgan fingerprint density at radius 2 is 1.04 bits per heavy atom. The van der Waals surface area contributed by atoms with Crippen molar-refractivity contribution < 1.29 is 19.8 Å². The van der Waals surface area contributed by atoms with Crippen molar-refractivity contribution in [3.8, 4) is 11.5 Å². The van der Waals surface area contributed by atoms with Crippen molar-refractivity contribution in [3.63, 3.8) is 0 Å². The van der Waals surface area contributed by atoms with Gasteiger partial charge in [-0.3, -0.25) is 9.59 Å². The predicted octanol–water partition coefficient (Wildman–Crippen LogP) is 5.15. The summed E-state index contributed by atoms with van der Waals surface area (Å²) in [5.41, 5.74) is 2.24. The Hall–Kier alpha value is -2.62. The van der Waals surface area contributed by atoms with Gasteiger partial charge in [-0.2, -0.15) is 0 Å². The molecule has 0 bridgehead atoms. The van der Waals surface area contributed by atoms with E-state index < -0.39 is 0 Å². The highest BCUT2D eigenvalue weighted by atomic mass is 16.3. The van der Waals surface area contributed by atoms with Crippen molar-refractivity contribution in [1.82, 2.24) is 0 Å². The summed E-state index contributed by atoms with van der Waals surface area (Å²) < 4.78 is 0. The molecule has 0 spiro atoms. The molecule has 136 valence electrons. The van der Waals surface area contributed by atoms with E-state index in [-0.39, 0.29) is 34.2 Å². The molecular formula is C21H28O4. The Kier molecular flexibility index (Phi) is 9.87.